The number of aromatic nitrogens is 1. The number of halogens is 2. The van der Waals surface area contributed by atoms with Gasteiger partial charge in [-0.2, -0.15) is 0 Å². The molecular weight excluding hydrogens is 561 g/mol. The molecule has 1 heterocycles. The standard InChI is InChI=1S/C32H43Cl2N3O4/c1-16(4-7-26(40)36-37-29-20-14-18(33)15-24(34)28(20)35-30(29)41)21-5-6-22-27-23(9-11-32(21,22)3)31(2)10-8-19(38)12-17(31)13-25(27)39/h14-17,19,21-23,25,27,35,38-39,41H,4-13H2,1-3H3/t16-,17-,19-,21+,22-,23-,25+,27-,31-,32+/m0/s1. The van der Waals surface area contributed by atoms with E-state index in [0.29, 0.717) is 62.9 Å². The van der Waals surface area contributed by atoms with Crippen LogP contribution in [-0.2, 0) is 4.79 Å². The van der Waals surface area contributed by atoms with E-state index in [9.17, 15) is 20.1 Å². The Hall–Kier alpha value is -1.67. The smallest absolute Gasteiger partial charge is 0.264 e. The van der Waals surface area contributed by atoms with E-state index in [4.69, 9.17) is 23.2 Å². The Kier molecular flexibility index (Phi) is 7.74. The maximum absolute atomic E-state index is 12.8. The lowest BCUT2D eigenvalue weighted by molar-refractivity contribution is -0.174. The van der Waals surface area contributed by atoms with Gasteiger partial charge in [0.05, 0.1) is 22.7 Å². The third-order valence-electron chi connectivity index (χ3n) is 12.3. The number of aliphatic hydroxyl groups excluding tert-OH is 2. The molecule has 0 unspecified atom stereocenters. The summed E-state index contributed by atoms with van der Waals surface area (Å²) in [4.78, 5) is 15.5. The molecule has 10 atom stereocenters. The highest BCUT2D eigenvalue weighted by atomic mass is 35.5. The number of nitrogens with zero attached hydrogens (tertiary/aromatic N) is 2. The van der Waals surface area contributed by atoms with E-state index in [-0.39, 0.29) is 40.5 Å². The number of nitrogens with one attached hydrogen (secondary N) is 1. The summed E-state index contributed by atoms with van der Waals surface area (Å²) in [6.07, 6.45) is 8.76. The van der Waals surface area contributed by atoms with Gasteiger partial charge in [-0.1, -0.05) is 44.0 Å². The van der Waals surface area contributed by atoms with Gasteiger partial charge in [-0.15, -0.1) is 10.2 Å². The number of azo groups is 1. The number of aliphatic hydroxyl groups is 2. The van der Waals surface area contributed by atoms with Crippen molar-refractivity contribution in [2.24, 2.45) is 56.6 Å². The molecular formula is C32H43Cl2N3O4. The Morgan fingerprint density at radius 1 is 1.07 bits per heavy atom. The average Bonchev–Trinajstić information content (AvgIpc) is 3.43. The van der Waals surface area contributed by atoms with Crippen molar-refractivity contribution >= 4 is 45.7 Å². The van der Waals surface area contributed by atoms with Gasteiger partial charge in [-0.05, 0) is 116 Å². The summed E-state index contributed by atoms with van der Waals surface area (Å²) >= 11 is 12.3. The highest BCUT2D eigenvalue weighted by Crippen LogP contribution is 2.68. The Labute approximate surface area is 252 Å². The lowest BCUT2D eigenvalue weighted by atomic mass is 9.43. The van der Waals surface area contributed by atoms with Crippen molar-refractivity contribution in [3.05, 3.63) is 22.2 Å². The predicted octanol–water partition coefficient (Wildman–Crippen LogP) is 8.20. The molecule has 6 rings (SSSR count). The molecule has 0 saturated heterocycles. The van der Waals surface area contributed by atoms with Crippen molar-refractivity contribution in [2.75, 3.05) is 0 Å². The van der Waals surface area contributed by atoms with Gasteiger partial charge in [0.1, 0.15) is 0 Å². The van der Waals surface area contributed by atoms with E-state index in [1.807, 2.05) is 0 Å². The summed E-state index contributed by atoms with van der Waals surface area (Å²) in [6.45, 7) is 7.16. The Morgan fingerprint density at radius 3 is 2.59 bits per heavy atom. The number of hydrogen-bond donors (Lipinski definition) is 4. The quantitative estimate of drug-likeness (QED) is 0.257. The van der Waals surface area contributed by atoms with Crippen molar-refractivity contribution in [1.82, 2.24) is 4.98 Å². The minimum absolute atomic E-state index is 0.156. The van der Waals surface area contributed by atoms with Crippen molar-refractivity contribution in [2.45, 2.75) is 97.2 Å². The van der Waals surface area contributed by atoms with Crippen LogP contribution in [0.15, 0.2) is 22.4 Å². The van der Waals surface area contributed by atoms with E-state index in [0.717, 1.165) is 51.4 Å². The van der Waals surface area contributed by atoms with Crippen LogP contribution in [0.1, 0.15) is 85.0 Å². The zero-order chi connectivity index (χ0) is 29.3. The predicted molar refractivity (Wildman–Crippen MR) is 161 cm³/mol. The summed E-state index contributed by atoms with van der Waals surface area (Å²) in [5.74, 6) is 2.13. The number of benzene rings is 1. The van der Waals surface area contributed by atoms with Crippen molar-refractivity contribution in [1.29, 1.82) is 0 Å². The zero-order valence-corrected chi connectivity index (χ0v) is 25.8. The van der Waals surface area contributed by atoms with E-state index in [1.54, 1.807) is 12.1 Å². The number of fused-ring (bicyclic) bond motifs is 6. The fourth-order valence-corrected chi connectivity index (χ4v) is 10.7. The minimum atomic E-state index is -0.316. The molecule has 0 spiro atoms. The summed E-state index contributed by atoms with van der Waals surface area (Å²) in [6, 6.07) is 3.20. The van der Waals surface area contributed by atoms with Crippen LogP contribution in [0, 0.1) is 46.3 Å². The second-order valence-corrected chi connectivity index (χ2v) is 15.0. The van der Waals surface area contributed by atoms with Gasteiger partial charge in [0.25, 0.3) is 5.91 Å². The second-order valence-electron chi connectivity index (χ2n) is 14.2. The lowest BCUT2D eigenvalue weighted by Crippen LogP contribution is -2.58. The molecule has 4 fully saturated rings. The van der Waals surface area contributed by atoms with Gasteiger partial charge in [0.15, 0.2) is 5.69 Å². The van der Waals surface area contributed by atoms with Gasteiger partial charge in [-0.25, -0.2) is 0 Å². The molecule has 7 nitrogen and oxygen atoms in total. The molecule has 2 aromatic rings. The molecule has 1 aromatic carbocycles. The third-order valence-corrected chi connectivity index (χ3v) is 12.8. The van der Waals surface area contributed by atoms with E-state index < -0.39 is 0 Å². The minimum Gasteiger partial charge on any atom is -0.493 e. The second kappa shape index (κ2) is 10.8. The van der Waals surface area contributed by atoms with Crippen LogP contribution in [-0.4, -0.2) is 38.4 Å². The van der Waals surface area contributed by atoms with Gasteiger partial charge in [-0.3, -0.25) is 4.79 Å². The molecule has 1 aromatic heterocycles. The van der Waals surface area contributed by atoms with Crippen molar-refractivity contribution in [3.63, 3.8) is 0 Å². The number of carbonyl (C=O) groups excluding carboxylic acids is 1. The average molecular weight is 605 g/mol. The monoisotopic (exact) mass is 603 g/mol. The number of aromatic amines is 1. The maximum Gasteiger partial charge on any atom is 0.264 e. The maximum atomic E-state index is 12.8. The SMILES string of the molecule is C[C@@H](CCC(=O)N=Nc1c(O)[nH]c2c(Cl)cc(Cl)cc12)[C@H]1CC[C@H]2[C@@H]3[C@H](O)C[C@@H]4C[C@@H](O)CC[C@]4(C)[C@H]3CC[C@]12C. The number of hydrogen-bond acceptors (Lipinski definition) is 5. The summed E-state index contributed by atoms with van der Waals surface area (Å²) in [7, 11) is 0. The van der Waals surface area contributed by atoms with Crippen molar-refractivity contribution < 1.29 is 20.1 Å². The first-order chi connectivity index (χ1) is 19.4. The van der Waals surface area contributed by atoms with Crippen LogP contribution in [0.3, 0.4) is 0 Å². The van der Waals surface area contributed by atoms with Gasteiger partial charge in [0.2, 0.25) is 5.88 Å². The first kappa shape index (κ1) is 29.4. The highest BCUT2D eigenvalue weighted by molar-refractivity contribution is 6.38. The molecule has 4 aliphatic carbocycles. The van der Waals surface area contributed by atoms with Crippen LogP contribution in [0.2, 0.25) is 10.0 Å². The summed E-state index contributed by atoms with van der Waals surface area (Å²) in [5, 5.41) is 41.4. The Balaban J connectivity index is 1.11. The van der Waals surface area contributed by atoms with Gasteiger partial charge >= 0.3 is 0 Å². The largest absolute Gasteiger partial charge is 0.493 e. The van der Waals surface area contributed by atoms with E-state index >= 15 is 0 Å². The number of rotatable bonds is 5. The van der Waals surface area contributed by atoms with E-state index in [1.165, 1.54) is 6.42 Å². The fraction of sp³-hybridized carbons (Fsp3) is 0.719. The zero-order valence-electron chi connectivity index (χ0n) is 24.2. The highest BCUT2D eigenvalue weighted by Gasteiger charge is 2.62. The van der Waals surface area contributed by atoms with Gasteiger partial charge in [0, 0.05) is 16.8 Å². The number of H-pyrrole nitrogens is 1. The van der Waals surface area contributed by atoms with Crippen LogP contribution in [0.5, 0.6) is 5.88 Å². The molecule has 224 valence electrons. The van der Waals surface area contributed by atoms with Gasteiger partial charge < -0.3 is 20.3 Å². The lowest BCUT2D eigenvalue weighted by Gasteiger charge is -2.62. The van der Waals surface area contributed by atoms with Crippen LogP contribution < -0.4 is 0 Å². The van der Waals surface area contributed by atoms with Crippen LogP contribution in [0.25, 0.3) is 10.9 Å². The van der Waals surface area contributed by atoms with Crippen LogP contribution in [0.4, 0.5) is 5.69 Å². The number of carbonyl (C=O) groups is 1. The number of aromatic hydroxyl groups is 1. The molecule has 4 saturated carbocycles. The topological polar surface area (TPSA) is 118 Å². The molecule has 41 heavy (non-hydrogen) atoms. The molecule has 4 N–H and O–H groups in total. The van der Waals surface area contributed by atoms with E-state index in [2.05, 4.69) is 36.0 Å². The molecule has 9 heteroatoms. The molecule has 1 amide bonds. The Morgan fingerprint density at radius 2 is 1.80 bits per heavy atom. The third kappa shape index (κ3) is 4.93. The molecule has 0 radical (unpaired) electrons. The molecule has 0 aliphatic heterocycles. The first-order valence-corrected chi connectivity index (χ1v) is 16.2. The van der Waals surface area contributed by atoms with Crippen molar-refractivity contribution in [3.8, 4) is 5.88 Å². The normalized spacial score (nSPS) is 39.4. The summed E-state index contributed by atoms with van der Waals surface area (Å²) in [5.41, 5.74) is 1.04. The summed E-state index contributed by atoms with van der Waals surface area (Å²) < 4.78 is 0. The first-order valence-electron chi connectivity index (χ1n) is 15.4. The fourth-order valence-electron chi connectivity index (χ4n) is 10.2. The Bertz CT molecular complexity index is 1360. The molecule has 4 aliphatic rings. The molecule has 0 bridgehead atoms. The van der Waals surface area contributed by atoms with Crippen LogP contribution >= 0.6 is 23.2 Å². The number of amides is 1.